The van der Waals surface area contributed by atoms with Crippen molar-refractivity contribution in [1.82, 2.24) is 15.5 Å². The van der Waals surface area contributed by atoms with Gasteiger partial charge in [-0.25, -0.2) is 9.18 Å². The first-order valence-corrected chi connectivity index (χ1v) is 9.48. The van der Waals surface area contributed by atoms with E-state index in [0.29, 0.717) is 5.56 Å². The molecule has 0 unspecified atom stereocenters. The second kappa shape index (κ2) is 7.48. The number of nitrogens with zero attached hydrogens (tertiary/aromatic N) is 1. The zero-order chi connectivity index (χ0) is 19.6. The summed E-state index contributed by atoms with van der Waals surface area (Å²) in [5, 5.41) is 7.38. The van der Waals surface area contributed by atoms with E-state index < -0.39 is 29.2 Å². The molecule has 1 aromatic heterocycles. The average molecular weight is 389 g/mol. The van der Waals surface area contributed by atoms with Crippen LogP contribution in [0, 0.1) is 5.82 Å². The molecule has 1 aliphatic rings. The Morgan fingerprint density at radius 3 is 2.59 bits per heavy atom. The molecule has 27 heavy (non-hydrogen) atoms. The number of benzene rings is 1. The molecule has 2 atom stereocenters. The fourth-order valence-electron chi connectivity index (χ4n) is 3.18. The van der Waals surface area contributed by atoms with Crippen molar-refractivity contribution in [2.24, 2.45) is 0 Å². The van der Waals surface area contributed by atoms with Crippen molar-refractivity contribution in [3.63, 3.8) is 0 Å². The van der Waals surface area contributed by atoms with Crippen molar-refractivity contribution in [1.29, 1.82) is 0 Å². The maximum atomic E-state index is 13.2. The molecule has 1 aliphatic heterocycles. The van der Waals surface area contributed by atoms with Crippen LogP contribution < -0.4 is 10.6 Å². The van der Waals surface area contributed by atoms with Crippen LogP contribution in [-0.2, 0) is 15.1 Å². The van der Waals surface area contributed by atoms with E-state index in [4.69, 9.17) is 0 Å². The summed E-state index contributed by atoms with van der Waals surface area (Å²) in [6, 6.07) is 8.36. The minimum Gasteiger partial charge on any atom is -0.347 e. The lowest BCUT2D eigenvalue weighted by Gasteiger charge is -2.25. The predicted molar refractivity (Wildman–Crippen MR) is 99.5 cm³/mol. The van der Waals surface area contributed by atoms with E-state index in [1.54, 1.807) is 6.92 Å². The number of nitrogens with one attached hydrogen (secondary N) is 2. The Hall–Kier alpha value is -2.74. The quantitative estimate of drug-likeness (QED) is 0.746. The Morgan fingerprint density at radius 1 is 1.30 bits per heavy atom. The Morgan fingerprint density at radius 2 is 2.00 bits per heavy atom. The number of halogens is 1. The molecule has 0 aliphatic carbocycles. The lowest BCUT2D eigenvalue weighted by Crippen LogP contribution is -2.45. The first kappa shape index (κ1) is 19.0. The summed E-state index contributed by atoms with van der Waals surface area (Å²) >= 11 is 1.51. The number of amides is 4. The van der Waals surface area contributed by atoms with E-state index in [9.17, 15) is 18.8 Å². The van der Waals surface area contributed by atoms with Crippen LogP contribution in [0.25, 0.3) is 0 Å². The summed E-state index contributed by atoms with van der Waals surface area (Å²) in [6.45, 7) is 3.22. The van der Waals surface area contributed by atoms with Crippen LogP contribution >= 0.6 is 11.3 Å². The number of carbonyl (C=O) groups excluding carboxylic acids is 3. The van der Waals surface area contributed by atoms with Gasteiger partial charge < -0.3 is 10.6 Å². The van der Waals surface area contributed by atoms with Crippen molar-refractivity contribution in [3.05, 3.63) is 58.0 Å². The normalized spacial score (nSPS) is 20.5. The number of hydrogen-bond donors (Lipinski definition) is 2. The van der Waals surface area contributed by atoms with Crippen molar-refractivity contribution in [2.75, 3.05) is 6.54 Å². The molecule has 0 spiro atoms. The molecule has 8 heteroatoms. The average Bonchev–Trinajstić information content (AvgIpc) is 3.26. The van der Waals surface area contributed by atoms with Crippen LogP contribution in [0.3, 0.4) is 0 Å². The summed E-state index contributed by atoms with van der Waals surface area (Å²) in [5.74, 6) is -1.37. The Balaban J connectivity index is 1.75. The molecule has 1 aromatic carbocycles. The first-order chi connectivity index (χ1) is 12.9. The van der Waals surface area contributed by atoms with E-state index in [1.165, 1.54) is 35.6 Å². The van der Waals surface area contributed by atoms with E-state index in [2.05, 4.69) is 10.6 Å². The van der Waals surface area contributed by atoms with Gasteiger partial charge >= 0.3 is 6.03 Å². The third kappa shape index (κ3) is 3.57. The molecule has 1 fully saturated rings. The Bertz CT molecular complexity index is 854. The highest BCUT2D eigenvalue weighted by Crippen LogP contribution is 2.32. The topological polar surface area (TPSA) is 78.5 Å². The van der Waals surface area contributed by atoms with Crippen LogP contribution in [0.4, 0.5) is 9.18 Å². The number of carbonyl (C=O) groups is 3. The van der Waals surface area contributed by atoms with Gasteiger partial charge in [-0.05, 0) is 42.5 Å². The fourth-order valence-corrected chi connectivity index (χ4v) is 3.92. The largest absolute Gasteiger partial charge is 0.347 e. The van der Waals surface area contributed by atoms with Crippen LogP contribution in [0.1, 0.15) is 36.8 Å². The lowest BCUT2D eigenvalue weighted by atomic mass is 9.87. The third-order valence-corrected chi connectivity index (χ3v) is 5.75. The summed E-state index contributed by atoms with van der Waals surface area (Å²) in [7, 11) is 0. The number of thiophene rings is 1. The van der Waals surface area contributed by atoms with Gasteiger partial charge in [0.05, 0.1) is 6.04 Å². The Kier molecular flexibility index (Phi) is 5.27. The molecule has 2 heterocycles. The van der Waals surface area contributed by atoms with Gasteiger partial charge in [-0.3, -0.25) is 14.5 Å². The van der Waals surface area contributed by atoms with Crippen molar-refractivity contribution >= 4 is 29.2 Å². The standard InChI is InChI=1S/C19H20FN3O3S/c1-3-19(13-6-8-14(20)9-7-13)17(25)23(18(26)22-19)11-16(24)21-12(2)15-5-4-10-27-15/h4-10,12H,3,11H2,1-2H3,(H,21,24)(H,22,26)/t12-,19+/m0/s1. The zero-order valence-electron chi connectivity index (χ0n) is 15.0. The molecular weight excluding hydrogens is 369 g/mol. The zero-order valence-corrected chi connectivity index (χ0v) is 15.8. The van der Waals surface area contributed by atoms with Crippen molar-refractivity contribution in [2.45, 2.75) is 31.8 Å². The summed E-state index contributed by atoms with van der Waals surface area (Å²) in [4.78, 5) is 39.6. The molecule has 1 saturated heterocycles. The van der Waals surface area contributed by atoms with Gasteiger partial charge in [-0.15, -0.1) is 11.3 Å². The molecule has 4 amide bonds. The molecule has 6 nitrogen and oxygen atoms in total. The maximum absolute atomic E-state index is 13.2. The molecule has 2 N–H and O–H groups in total. The van der Waals surface area contributed by atoms with Gasteiger partial charge in [0, 0.05) is 4.88 Å². The van der Waals surface area contributed by atoms with Gasteiger partial charge in [0.2, 0.25) is 5.91 Å². The SMILES string of the molecule is CC[C@]1(c2ccc(F)cc2)NC(=O)N(CC(=O)N[C@@H](C)c2cccs2)C1=O. The number of urea groups is 1. The molecule has 0 bridgehead atoms. The lowest BCUT2D eigenvalue weighted by molar-refractivity contribution is -0.135. The van der Waals surface area contributed by atoms with E-state index in [1.807, 2.05) is 24.4 Å². The van der Waals surface area contributed by atoms with E-state index in [0.717, 1.165) is 9.78 Å². The number of hydrogen-bond acceptors (Lipinski definition) is 4. The highest BCUT2D eigenvalue weighted by molar-refractivity contribution is 7.10. The highest BCUT2D eigenvalue weighted by atomic mass is 32.1. The minimum atomic E-state index is -1.29. The smallest absolute Gasteiger partial charge is 0.325 e. The minimum absolute atomic E-state index is 0.216. The van der Waals surface area contributed by atoms with Crippen LogP contribution in [0.15, 0.2) is 41.8 Å². The summed E-state index contributed by atoms with van der Waals surface area (Å²) in [5.41, 5.74) is -0.802. The summed E-state index contributed by atoms with van der Waals surface area (Å²) < 4.78 is 13.2. The highest BCUT2D eigenvalue weighted by Gasteiger charge is 2.51. The van der Waals surface area contributed by atoms with Gasteiger partial charge in [0.25, 0.3) is 5.91 Å². The van der Waals surface area contributed by atoms with E-state index >= 15 is 0 Å². The first-order valence-electron chi connectivity index (χ1n) is 8.60. The van der Waals surface area contributed by atoms with Crippen molar-refractivity contribution < 1.29 is 18.8 Å². The van der Waals surface area contributed by atoms with Gasteiger partial charge in [-0.2, -0.15) is 0 Å². The Labute approximate surface area is 160 Å². The summed E-state index contributed by atoms with van der Waals surface area (Å²) in [6.07, 6.45) is 0.285. The van der Waals surface area contributed by atoms with Crippen molar-refractivity contribution in [3.8, 4) is 0 Å². The molecule has 142 valence electrons. The molecular formula is C19H20FN3O3S. The predicted octanol–water partition coefficient (Wildman–Crippen LogP) is 2.92. The molecule has 0 radical (unpaired) electrons. The van der Waals surface area contributed by atoms with Crippen LogP contribution in [-0.4, -0.2) is 29.3 Å². The molecule has 2 aromatic rings. The molecule has 0 saturated carbocycles. The second-order valence-corrected chi connectivity index (χ2v) is 7.37. The van der Waals surface area contributed by atoms with Crippen LogP contribution in [0.2, 0.25) is 0 Å². The fraction of sp³-hybridized carbons (Fsp3) is 0.316. The van der Waals surface area contributed by atoms with E-state index in [-0.39, 0.29) is 19.0 Å². The monoisotopic (exact) mass is 389 g/mol. The number of imide groups is 1. The molecule has 3 rings (SSSR count). The van der Waals surface area contributed by atoms with Gasteiger partial charge in [0.1, 0.15) is 17.9 Å². The number of rotatable bonds is 6. The van der Waals surface area contributed by atoms with Crippen LogP contribution in [0.5, 0.6) is 0 Å². The second-order valence-electron chi connectivity index (χ2n) is 6.39. The maximum Gasteiger partial charge on any atom is 0.325 e. The van der Waals surface area contributed by atoms with Gasteiger partial charge in [0.15, 0.2) is 0 Å². The third-order valence-electron chi connectivity index (χ3n) is 4.69. The van der Waals surface area contributed by atoms with Gasteiger partial charge in [-0.1, -0.05) is 25.1 Å².